The Morgan fingerprint density at radius 2 is 1.69 bits per heavy atom. The molecule has 6 nitrogen and oxygen atoms in total. The molecule has 35 heavy (non-hydrogen) atoms. The van der Waals surface area contributed by atoms with Crippen molar-refractivity contribution in [1.82, 2.24) is 14.9 Å². The zero-order valence-electron chi connectivity index (χ0n) is 19.7. The van der Waals surface area contributed by atoms with E-state index < -0.39 is 0 Å². The van der Waals surface area contributed by atoms with Crippen LogP contribution in [0.5, 0.6) is 0 Å². The van der Waals surface area contributed by atoms with Crippen LogP contribution in [-0.2, 0) is 11.3 Å². The minimum atomic E-state index is -0.179. The van der Waals surface area contributed by atoms with Crippen LogP contribution in [0.1, 0.15) is 30.5 Å². The molecule has 1 aliphatic heterocycles. The first-order chi connectivity index (χ1) is 17.1. The number of aromatic nitrogens is 2. The van der Waals surface area contributed by atoms with Gasteiger partial charge in [-0.25, -0.2) is 0 Å². The maximum Gasteiger partial charge on any atom is 0.258 e. The summed E-state index contributed by atoms with van der Waals surface area (Å²) in [6.45, 7) is 7.26. The van der Waals surface area contributed by atoms with Gasteiger partial charge >= 0.3 is 0 Å². The van der Waals surface area contributed by atoms with Gasteiger partial charge in [-0.2, -0.15) is 0 Å². The lowest BCUT2D eigenvalue weighted by Gasteiger charge is -2.19. The maximum absolute atomic E-state index is 13.2. The van der Waals surface area contributed by atoms with Crippen LogP contribution in [0.3, 0.4) is 0 Å². The van der Waals surface area contributed by atoms with Crippen molar-refractivity contribution in [2.75, 3.05) is 23.7 Å². The Morgan fingerprint density at radius 3 is 2.43 bits per heavy atom. The number of rotatable bonds is 7. The molecule has 0 atom stereocenters. The molecule has 2 N–H and O–H groups in total. The van der Waals surface area contributed by atoms with Crippen molar-refractivity contribution in [2.45, 2.75) is 20.4 Å². The lowest BCUT2D eigenvalue weighted by molar-refractivity contribution is -0.110. The van der Waals surface area contributed by atoms with E-state index in [1.54, 1.807) is 24.5 Å². The molecule has 0 aliphatic carbocycles. The van der Waals surface area contributed by atoms with E-state index in [1.807, 2.05) is 24.3 Å². The molecular formula is C28H26ClN5O. The van der Waals surface area contributed by atoms with Crippen molar-refractivity contribution in [3.8, 4) is 0 Å². The third-order valence-corrected chi connectivity index (χ3v) is 6.49. The third kappa shape index (κ3) is 4.76. The molecule has 4 aromatic rings. The summed E-state index contributed by atoms with van der Waals surface area (Å²) in [7, 11) is 0. The SMILES string of the molecule is CCN(CC)Cc1ccc(NC(=C2C(=O)Nc3cc(Cl)ccc32)c2ccc3nccnc3c2)cc1. The summed E-state index contributed by atoms with van der Waals surface area (Å²) in [4.78, 5) is 24.4. The van der Waals surface area contributed by atoms with Crippen LogP contribution in [0.15, 0.2) is 73.1 Å². The van der Waals surface area contributed by atoms with E-state index in [1.165, 1.54) is 5.56 Å². The minimum Gasteiger partial charge on any atom is -0.354 e. The van der Waals surface area contributed by atoms with E-state index in [-0.39, 0.29) is 5.91 Å². The second-order valence-electron chi connectivity index (χ2n) is 8.44. The average molecular weight is 484 g/mol. The summed E-state index contributed by atoms with van der Waals surface area (Å²) < 4.78 is 0. The Labute approximate surface area is 209 Å². The molecule has 1 amide bonds. The van der Waals surface area contributed by atoms with Gasteiger partial charge in [-0.15, -0.1) is 0 Å². The first-order valence-electron chi connectivity index (χ1n) is 11.7. The van der Waals surface area contributed by atoms with Gasteiger partial charge in [0, 0.05) is 40.8 Å². The van der Waals surface area contributed by atoms with Gasteiger partial charge in [-0.3, -0.25) is 19.7 Å². The summed E-state index contributed by atoms with van der Waals surface area (Å²) in [6, 6.07) is 19.6. The van der Waals surface area contributed by atoms with Crippen LogP contribution in [0.4, 0.5) is 11.4 Å². The number of benzene rings is 3. The van der Waals surface area contributed by atoms with Gasteiger partial charge in [0.1, 0.15) is 0 Å². The largest absolute Gasteiger partial charge is 0.354 e. The minimum absolute atomic E-state index is 0.179. The van der Waals surface area contributed by atoms with Crippen LogP contribution < -0.4 is 10.6 Å². The Hall–Kier alpha value is -3.74. The van der Waals surface area contributed by atoms with E-state index in [2.05, 4.69) is 63.6 Å². The summed E-state index contributed by atoms with van der Waals surface area (Å²) in [6.07, 6.45) is 3.34. The lowest BCUT2D eigenvalue weighted by atomic mass is 9.99. The normalized spacial score (nSPS) is 14.2. The Kier molecular flexibility index (Phi) is 6.49. The number of anilines is 2. The molecule has 7 heteroatoms. The topological polar surface area (TPSA) is 70.2 Å². The van der Waals surface area contributed by atoms with E-state index in [9.17, 15) is 4.79 Å². The van der Waals surface area contributed by atoms with Gasteiger partial charge in [-0.05, 0) is 55.1 Å². The number of hydrogen-bond acceptors (Lipinski definition) is 5. The molecular weight excluding hydrogens is 458 g/mol. The average Bonchev–Trinajstić information content (AvgIpc) is 3.20. The van der Waals surface area contributed by atoms with Gasteiger partial charge in [-0.1, -0.05) is 49.7 Å². The summed E-state index contributed by atoms with van der Waals surface area (Å²) in [5.74, 6) is -0.179. The van der Waals surface area contributed by atoms with E-state index in [0.29, 0.717) is 22.0 Å². The van der Waals surface area contributed by atoms with Gasteiger partial charge in [0.05, 0.1) is 28.0 Å². The number of hydrogen-bond donors (Lipinski definition) is 2. The molecule has 0 saturated carbocycles. The number of nitrogens with zero attached hydrogens (tertiary/aromatic N) is 3. The highest BCUT2D eigenvalue weighted by Crippen LogP contribution is 2.39. The van der Waals surface area contributed by atoms with Gasteiger partial charge in [0.25, 0.3) is 5.91 Å². The van der Waals surface area contributed by atoms with E-state index >= 15 is 0 Å². The first-order valence-corrected chi connectivity index (χ1v) is 12.1. The number of nitrogens with one attached hydrogen (secondary N) is 2. The fraction of sp³-hybridized carbons (Fsp3) is 0.179. The number of fused-ring (bicyclic) bond motifs is 2. The van der Waals surface area contributed by atoms with Gasteiger partial charge in [0.15, 0.2) is 0 Å². The number of amides is 1. The summed E-state index contributed by atoms with van der Waals surface area (Å²) >= 11 is 6.18. The van der Waals surface area contributed by atoms with Crippen molar-refractivity contribution in [2.24, 2.45) is 0 Å². The van der Waals surface area contributed by atoms with Crippen molar-refractivity contribution in [3.63, 3.8) is 0 Å². The van der Waals surface area contributed by atoms with Gasteiger partial charge in [0.2, 0.25) is 0 Å². The first kappa shape index (κ1) is 23.0. The van der Waals surface area contributed by atoms with Crippen molar-refractivity contribution < 1.29 is 4.79 Å². The third-order valence-electron chi connectivity index (χ3n) is 6.26. The molecule has 0 bridgehead atoms. The number of carbonyl (C=O) groups is 1. The molecule has 1 aliphatic rings. The lowest BCUT2D eigenvalue weighted by Crippen LogP contribution is -2.22. The maximum atomic E-state index is 13.2. The number of halogens is 1. The fourth-order valence-corrected chi connectivity index (χ4v) is 4.51. The van der Waals surface area contributed by atoms with Gasteiger partial charge < -0.3 is 10.6 Å². The van der Waals surface area contributed by atoms with Crippen LogP contribution >= 0.6 is 11.6 Å². The monoisotopic (exact) mass is 483 g/mol. The zero-order valence-corrected chi connectivity index (χ0v) is 20.4. The second-order valence-corrected chi connectivity index (χ2v) is 8.87. The van der Waals surface area contributed by atoms with Crippen molar-refractivity contribution >= 4 is 51.2 Å². The Morgan fingerprint density at radius 1 is 0.943 bits per heavy atom. The highest BCUT2D eigenvalue weighted by atomic mass is 35.5. The van der Waals surface area contributed by atoms with E-state index in [4.69, 9.17) is 11.6 Å². The van der Waals surface area contributed by atoms with Crippen LogP contribution in [0, 0.1) is 0 Å². The molecule has 176 valence electrons. The molecule has 2 heterocycles. The fourth-order valence-electron chi connectivity index (χ4n) is 4.33. The molecule has 3 aromatic carbocycles. The molecule has 0 unspecified atom stereocenters. The quantitative estimate of drug-likeness (QED) is 0.313. The standard InChI is InChI=1S/C28H26ClN5O/c1-3-34(4-2)17-18-5-9-21(10-6-18)32-27(19-7-12-23-25(15-19)31-14-13-30-23)26-22-11-8-20(29)16-24(22)33-28(26)35/h5-16,32H,3-4,17H2,1-2H3,(H,33,35). The molecule has 5 rings (SSSR count). The highest BCUT2D eigenvalue weighted by molar-refractivity contribution is 6.38. The second kappa shape index (κ2) is 9.86. The molecule has 0 spiro atoms. The van der Waals surface area contributed by atoms with Crippen LogP contribution in [0.25, 0.3) is 22.3 Å². The summed E-state index contributed by atoms with van der Waals surface area (Å²) in [5.41, 5.74) is 7.31. The Balaban J connectivity index is 1.59. The summed E-state index contributed by atoms with van der Waals surface area (Å²) in [5, 5.41) is 7.04. The molecule has 0 radical (unpaired) electrons. The predicted octanol–water partition coefficient (Wildman–Crippen LogP) is 6.06. The molecule has 1 aromatic heterocycles. The van der Waals surface area contributed by atoms with E-state index in [0.717, 1.165) is 47.5 Å². The van der Waals surface area contributed by atoms with Crippen LogP contribution in [-0.4, -0.2) is 33.9 Å². The van der Waals surface area contributed by atoms with Crippen molar-refractivity contribution in [1.29, 1.82) is 0 Å². The Bertz CT molecular complexity index is 1430. The zero-order chi connectivity index (χ0) is 24.4. The van der Waals surface area contributed by atoms with Crippen molar-refractivity contribution in [3.05, 3.63) is 94.8 Å². The number of carbonyl (C=O) groups excluding carboxylic acids is 1. The highest BCUT2D eigenvalue weighted by Gasteiger charge is 2.28. The smallest absolute Gasteiger partial charge is 0.258 e. The van der Waals surface area contributed by atoms with Crippen LogP contribution in [0.2, 0.25) is 5.02 Å². The molecule has 0 fully saturated rings. The predicted molar refractivity (Wildman–Crippen MR) is 143 cm³/mol. The molecule has 0 saturated heterocycles.